The Morgan fingerprint density at radius 1 is 1.12 bits per heavy atom. The average molecular weight is 470 g/mol. The lowest BCUT2D eigenvalue weighted by Crippen LogP contribution is -2.44. The summed E-state index contributed by atoms with van der Waals surface area (Å²) in [4.78, 5) is 23.2. The van der Waals surface area contributed by atoms with Crippen LogP contribution in [0.5, 0.6) is 5.88 Å². The minimum absolute atomic E-state index is 0.122. The average Bonchev–Trinajstić information content (AvgIpc) is 2.80. The third-order valence-corrected chi connectivity index (χ3v) is 5.57. The molecule has 0 saturated carbocycles. The highest BCUT2D eigenvalue weighted by Gasteiger charge is 2.28. The van der Waals surface area contributed by atoms with Gasteiger partial charge in [-0.25, -0.2) is 23.5 Å². The Labute approximate surface area is 198 Å². The second-order valence-electron chi connectivity index (χ2n) is 9.47. The maximum absolute atomic E-state index is 13.6. The van der Waals surface area contributed by atoms with Gasteiger partial charge in [-0.1, -0.05) is 12.2 Å². The van der Waals surface area contributed by atoms with Gasteiger partial charge in [-0.3, -0.25) is 0 Å². The van der Waals surface area contributed by atoms with Gasteiger partial charge in [-0.15, -0.1) is 0 Å². The molecule has 180 valence electrons. The second-order valence-corrected chi connectivity index (χ2v) is 9.47. The van der Waals surface area contributed by atoms with E-state index in [1.165, 1.54) is 18.2 Å². The van der Waals surface area contributed by atoms with Crippen molar-refractivity contribution in [3.8, 4) is 17.1 Å². The summed E-state index contributed by atoms with van der Waals surface area (Å²) < 4.78 is 38.6. The number of likely N-dealkylation sites (tertiary alicyclic amines) is 1. The fraction of sp³-hybridized carbons (Fsp3) is 0.423. The minimum atomic E-state index is -1.03. The first-order chi connectivity index (χ1) is 16.2. The van der Waals surface area contributed by atoms with Crippen molar-refractivity contribution in [1.29, 1.82) is 0 Å². The number of amides is 1. The van der Waals surface area contributed by atoms with Crippen LogP contribution in [0.1, 0.15) is 45.7 Å². The van der Waals surface area contributed by atoms with Crippen LogP contribution >= 0.6 is 0 Å². The lowest BCUT2D eigenvalue weighted by atomic mass is 9.99. The smallest absolute Gasteiger partial charge is 0.410 e. The van der Waals surface area contributed by atoms with E-state index in [4.69, 9.17) is 14.5 Å². The fourth-order valence-electron chi connectivity index (χ4n) is 3.87. The number of aromatic nitrogens is 2. The van der Waals surface area contributed by atoms with Gasteiger partial charge >= 0.3 is 6.09 Å². The van der Waals surface area contributed by atoms with Crippen LogP contribution in [0.4, 0.5) is 13.6 Å². The normalized spacial score (nSPS) is 19.0. The largest absolute Gasteiger partial charge is 0.473 e. The van der Waals surface area contributed by atoms with Crippen LogP contribution in [-0.4, -0.2) is 51.9 Å². The van der Waals surface area contributed by atoms with E-state index in [0.29, 0.717) is 48.8 Å². The Kier molecular flexibility index (Phi) is 6.95. The third-order valence-electron chi connectivity index (χ3n) is 5.57. The van der Waals surface area contributed by atoms with Gasteiger partial charge in [0.05, 0.1) is 11.9 Å². The number of alkyl halides is 1. The van der Waals surface area contributed by atoms with Gasteiger partial charge in [0.1, 0.15) is 29.4 Å². The van der Waals surface area contributed by atoms with E-state index in [2.05, 4.69) is 4.98 Å². The Morgan fingerprint density at radius 2 is 1.82 bits per heavy atom. The highest BCUT2D eigenvalue weighted by molar-refractivity contribution is 5.82. The number of ether oxygens (including phenoxy) is 2. The van der Waals surface area contributed by atoms with Crippen molar-refractivity contribution in [1.82, 2.24) is 14.9 Å². The van der Waals surface area contributed by atoms with Gasteiger partial charge < -0.3 is 14.4 Å². The van der Waals surface area contributed by atoms with Gasteiger partial charge in [-0.2, -0.15) is 0 Å². The lowest BCUT2D eigenvalue weighted by molar-refractivity contribution is 0.0122. The zero-order valence-corrected chi connectivity index (χ0v) is 19.6. The van der Waals surface area contributed by atoms with Crippen LogP contribution < -0.4 is 4.74 Å². The van der Waals surface area contributed by atoms with Crippen LogP contribution in [0.2, 0.25) is 0 Å². The summed E-state index contributed by atoms with van der Waals surface area (Å²) in [6, 6.07) is 6.01. The van der Waals surface area contributed by atoms with E-state index < -0.39 is 11.8 Å². The number of halogens is 2. The van der Waals surface area contributed by atoms with Crippen molar-refractivity contribution in [2.24, 2.45) is 0 Å². The molecule has 1 aromatic heterocycles. The Hall–Kier alpha value is -3.29. The molecule has 2 heterocycles. The van der Waals surface area contributed by atoms with Crippen LogP contribution in [0.3, 0.4) is 0 Å². The first-order valence-corrected chi connectivity index (χ1v) is 11.5. The first-order valence-electron chi connectivity index (χ1n) is 11.5. The van der Waals surface area contributed by atoms with E-state index in [1.807, 2.05) is 20.8 Å². The predicted molar refractivity (Wildman–Crippen MR) is 126 cm³/mol. The number of rotatable bonds is 4. The van der Waals surface area contributed by atoms with Crippen LogP contribution in [-0.2, 0) is 4.74 Å². The highest BCUT2D eigenvalue weighted by Crippen LogP contribution is 2.31. The predicted octanol–water partition coefficient (Wildman–Crippen LogP) is 5.74. The Balaban J connectivity index is 1.50. The maximum Gasteiger partial charge on any atom is 0.410 e. The number of piperidine rings is 1. The number of carbonyl (C=O) groups excluding carboxylic acids is 1. The molecule has 2 aliphatic rings. The molecule has 1 unspecified atom stereocenters. The number of hydrogen-bond donors (Lipinski definition) is 0. The summed E-state index contributed by atoms with van der Waals surface area (Å²) in [5.41, 5.74) is 2.04. The molecule has 1 amide bonds. The number of allylic oxidation sites excluding steroid dienone is 4. The zero-order valence-electron chi connectivity index (χ0n) is 19.6. The molecule has 0 spiro atoms. The third kappa shape index (κ3) is 5.98. The van der Waals surface area contributed by atoms with E-state index in [-0.39, 0.29) is 24.4 Å². The molecule has 2 aromatic rings. The number of nitrogens with zero attached hydrogens (tertiary/aromatic N) is 3. The lowest BCUT2D eigenvalue weighted by Gasteiger charge is -2.33. The fourth-order valence-corrected chi connectivity index (χ4v) is 3.87. The zero-order chi connectivity index (χ0) is 24.3. The summed E-state index contributed by atoms with van der Waals surface area (Å²) in [6.07, 6.45) is 6.58. The van der Waals surface area contributed by atoms with Gasteiger partial charge in [0.25, 0.3) is 0 Å². The molecule has 1 aliphatic heterocycles. The molecule has 0 radical (unpaired) electrons. The topological polar surface area (TPSA) is 64.5 Å². The molecule has 1 aromatic carbocycles. The first kappa shape index (κ1) is 23.9. The monoisotopic (exact) mass is 469 g/mol. The van der Waals surface area contributed by atoms with Crippen LogP contribution in [0, 0.1) is 5.82 Å². The molecule has 0 bridgehead atoms. The van der Waals surface area contributed by atoms with E-state index in [9.17, 15) is 13.6 Å². The van der Waals surface area contributed by atoms with E-state index in [1.54, 1.807) is 35.4 Å². The molecule has 0 N–H and O–H groups in total. The van der Waals surface area contributed by atoms with Gasteiger partial charge in [0.15, 0.2) is 0 Å². The molecule has 1 saturated heterocycles. The molecule has 1 aliphatic carbocycles. The van der Waals surface area contributed by atoms with Crippen molar-refractivity contribution >= 4 is 11.7 Å². The van der Waals surface area contributed by atoms with Crippen molar-refractivity contribution in [2.75, 3.05) is 13.1 Å². The minimum Gasteiger partial charge on any atom is -0.473 e. The summed E-state index contributed by atoms with van der Waals surface area (Å²) in [7, 11) is 0. The summed E-state index contributed by atoms with van der Waals surface area (Å²) in [5, 5.41) is 0. The van der Waals surface area contributed by atoms with Crippen molar-refractivity contribution in [3.63, 3.8) is 0 Å². The standard InChI is InChI=1S/C26H29F2N3O3/c1-26(2,3)34-25(32)31-14-12-21(13-15-31)33-22-16-29-23(17-4-8-19(27)9-5-17)24(30-22)18-6-10-20(28)11-7-18/h4-10,16,20-21H,11-15H2,1-3H3. The molecule has 1 atom stereocenters. The Morgan fingerprint density at radius 3 is 2.44 bits per heavy atom. The van der Waals surface area contributed by atoms with E-state index in [0.717, 1.165) is 5.57 Å². The molecular formula is C26H29F2N3O3. The van der Waals surface area contributed by atoms with Crippen molar-refractivity contribution in [3.05, 3.63) is 60.2 Å². The van der Waals surface area contributed by atoms with Crippen molar-refractivity contribution in [2.45, 2.75) is 57.9 Å². The number of hydrogen-bond acceptors (Lipinski definition) is 5. The molecular weight excluding hydrogens is 440 g/mol. The molecule has 8 heteroatoms. The quantitative estimate of drug-likeness (QED) is 0.571. The molecule has 4 rings (SSSR count). The summed E-state index contributed by atoms with van der Waals surface area (Å²) >= 11 is 0. The van der Waals surface area contributed by atoms with E-state index >= 15 is 0 Å². The van der Waals surface area contributed by atoms with Gasteiger partial charge in [-0.05, 0) is 56.7 Å². The summed E-state index contributed by atoms with van der Waals surface area (Å²) in [6.45, 7) is 6.59. The molecule has 34 heavy (non-hydrogen) atoms. The Bertz CT molecular complexity index is 1090. The highest BCUT2D eigenvalue weighted by atomic mass is 19.1. The molecule has 6 nitrogen and oxygen atoms in total. The van der Waals surface area contributed by atoms with Gasteiger partial charge in [0, 0.05) is 37.9 Å². The number of carbonyl (C=O) groups is 1. The second kappa shape index (κ2) is 9.91. The number of benzene rings is 1. The maximum atomic E-state index is 13.6. The van der Waals surface area contributed by atoms with Crippen LogP contribution in [0.15, 0.2) is 48.7 Å². The van der Waals surface area contributed by atoms with Crippen molar-refractivity contribution < 1.29 is 23.0 Å². The van der Waals surface area contributed by atoms with Gasteiger partial charge in [0.2, 0.25) is 5.88 Å². The summed E-state index contributed by atoms with van der Waals surface area (Å²) in [5.74, 6) is 0.0150. The van der Waals surface area contributed by atoms with Crippen LogP contribution in [0.25, 0.3) is 16.8 Å². The SMILES string of the molecule is CC(C)(C)OC(=O)N1CCC(Oc2cnc(-c3ccc(F)cc3)c(C3=CCC(F)C=C3)n2)CC1. The molecule has 1 fully saturated rings.